The zero-order valence-electron chi connectivity index (χ0n) is 12.3. The molecule has 2 aromatic carbocycles. The van der Waals surface area contributed by atoms with Gasteiger partial charge in [-0.1, -0.05) is 29.8 Å². The van der Waals surface area contributed by atoms with E-state index >= 15 is 0 Å². The molecule has 0 heterocycles. The Balaban J connectivity index is 1.83. The van der Waals surface area contributed by atoms with Crippen LogP contribution in [0.1, 0.15) is 18.5 Å². The van der Waals surface area contributed by atoms with Crippen LogP contribution in [0.5, 0.6) is 0 Å². The Morgan fingerprint density at radius 1 is 1.19 bits per heavy atom. The van der Waals surface area contributed by atoms with Gasteiger partial charge in [0.05, 0.1) is 0 Å². The molecule has 2 nitrogen and oxygen atoms in total. The second-order valence-corrected chi connectivity index (χ2v) is 5.58. The third kappa shape index (κ3) is 4.73. The SMILES string of the molecule is CC(c1ccc(Cl)cc1)N(C)CCNc1cccc(F)c1. The molecule has 1 unspecified atom stereocenters. The molecule has 1 N–H and O–H groups in total. The van der Waals surface area contributed by atoms with Gasteiger partial charge < -0.3 is 5.32 Å². The van der Waals surface area contributed by atoms with E-state index in [1.165, 1.54) is 17.7 Å². The molecule has 0 saturated carbocycles. The molecular weight excluding hydrogens is 287 g/mol. The molecule has 0 saturated heterocycles. The summed E-state index contributed by atoms with van der Waals surface area (Å²) in [5.41, 5.74) is 2.04. The molecule has 2 rings (SSSR count). The summed E-state index contributed by atoms with van der Waals surface area (Å²) in [6.45, 7) is 3.78. The molecule has 0 bridgehead atoms. The van der Waals surface area contributed by atoms with Crippen molar-refractivity contribution >= 4 is 17.3 Å². The average Bonchev–Trinajstić information content (AvgIpc) is 2.47. The fourth-order valence-electron chi connectivity index (χ4n) is 2.16. The van der Waals surface area contributed by atoms with Gasteiger partial charge in [-0.2, -0.15) is 0 Å². The van der Waals surface area contributed by atoms with E-state index < -0.39 is 0 Å². The number of nitrogens with one attached hydrogen (secondary N) is 1. The minimum absolute atomic E-state index is 0.220. The lowest BCUT2D eigenvalue weighted by Gasteiger charge is -2.25. The van der Waals surface area contributed by atoms with Crippen molar-refractivity contribution in [1.29, 1.82) is 0 Å². The number of hydrogen-bond acceptors (Lipinski definition) is 2. The number of anilines is 1. The molecule has 21 heavy (non-hydrogen) atoms. The number of likely N-dealkylation sites (N-methyl/N-ethyl adjacent to an activating group) is 1. The van der Waals surface area contributed by atoms with Crippen molar-refractivity contribution in [2.45, 2.75) is 13.0 Å². The van der Waals surface area contributed by atoms with Gasteiger partial charge in [-0.3, -0.25) is 4.90 Å². The van der Waals surface area contributed by atoms with Crippen molar-refractivity contribution in [3.63, 3.8) is 0 Å². The van der Waals surface area contributed by atoms with E-state index in [0.717, 1.165) is 23.8 Å². The molecule has 112 valence electrons. The van der Waals surface area contributed by atoms with E-state index in [9.17, 15) is 4.39 Å². The molecule has 0 aromatic heterocycles. The Morgan fingerprint density at radius 3 is 2.57 bits per heavy atom. The molecule has 4 heteroatoms. The zero-order chi connectivity index (χ0) is 15.2. The Morgan fingerprint density at radius 2 is 1.90 bits per heavy atom. The van der Waals surface area contributed by atoms with Gasteiger partial charge in [0, 0.05) is 29.8 Å². The minimum atomic E-state index is -0.220. The molecule has 0 spiro atoms. The average molecular weight is 307 g/mol. The van der Waals surface area contributed by atoms with E-state index in [4.69, 9.17) is 11.6 Å². The van der Waals surface area contributed by atoms with Crippen molar-refractivity contribution in [3.8, 4) is 0 Å². The van der Waals surface area contributed by atoms with Crippen molar-refractivity contribution in [2.75, 3.05) is 25.5 Å². The molecular formula is C17H20ClFN2. The summed E-state index contributed by atoms with van der Waals surface area (Å²) in [4.78, 5) is 2.25. The van der Waals surface area contributed by atoms with E-state index in [0.29, 0.717) is 6.04 Å². The molecule has 0 aliphatic heterocycles. The zero-order valence-corrected chi connectivity index (χ0v) is 13.1. The quantitative estimate of drug-likeness (QED) is 0.840. The fourth-order valence-corrected chi connectivity index (χ4v) is 2.29. The lowest BCUT2D eigenvalue weighted by atomic mass is 10.1. The topological polar surface area (TPSA) is 15.3 Å². The molecule has 0 aliphatic rings. The molecule has 0 amide bonds. The summed E-state index contributed by atoms with van der Waals surface area (Å²) in [6.07, 6.45) is 0. The van der Waals surface area contributed by atoms with Crippen LogP contribution in [0.2, 0.25) is 5.02 Å². The third-order valence-electron chi connectivity index (χ3n) is 3.63. The van der Waals surface area contributed by atoms with Gasteiger partial charge in [0.1, 0.15) is 5.82 Å². The highest BCUT2D eigenvalue weighted by Gasteiger charge is 2.10. The first kappa shape index (κ1) is 15.8. The number of halogens is 2. The van der Waals surface area contributed by atoms with Gasteiger partial charge >= 0.3 is 0 Å². The highest BCUT2D eigenvalue weighted by molar-refractivity contribution is 6.30. The van der Waals surface area contributed by atoms with Gasteiger partial charge in [0.25, 0.3) is 0 Å². The largest absolute Gasteiger partial charge is 0.384 e. The Kier molecular flexibility index (Phi) is 5.59. The van der Waals surface area contributed by atoms with Crippen molar-refractivity contribution < 1.29 is 4.39 Å². The van der Waals surface area contributed by atoms with Crippen LogP contribution in [0.3, 0.4) is 0 Å². The van der Waals surface area contributed by atoms with E-state index in [1.807, 2.05) is 30.3 Å². The van der Waals surface area contributed by atoms with Crippen LogP contribution >= 0.6 is 11.6 Å². The maximum atomic E-state index is 13.1. The summed E-state index contributed by atoms with van der Waals surface area (Å²) >= 11 is 5.91. The van der Waals surface area contributed by atoms with Crippen molar-refractivity contribution in [2.24, 2.45) is 0 Å². The lowest BCUT2D eigenvalue weighted by molar-refractivity contribution is 0.271. The summed E-state index contributed by atoms with van der Waals surface area (Å²) < 4.78 is 13.1. The summed E-state index contributed by atoms with van der Waals surface area (Å²) in [6, 6.07) is 14.7. The maximum absolute atomic E-state index is 13.1. The molecule has 0 fully saturated rings. The van der Waals surface area contributed by atoms with Crippen LogP contribution in [0.25, 0.3) is 0 Å². The van der Waals surface area contributed by atoms with Crippen LogP contribution < -0.4 is 5.32 Å². The maximum Gasteiger partial charge on any atom is 0.125 e. The second-order valence-electron chi connectivity index (χ2n) is 5.15. The second kappa shape index (κ2) is 7.43. The minimum Gasteiger partial charge on any atom is -0.384 e. The summed E-state index contributed by atoms with van der Waals surface area (Å²) in [5.74, 6) is -0.220. The molecule has 1 atom stereocenters. The molecule has 2 aromatic rings. The van der Waals surface area contributed by atoms with E-state index in [-0.39, 0.29) is 5.82 Å². The van der Waals surface area contributed by atoms with Crippen LogP contribution in [0.4, 0.5) is 10.1 Å². The van der Waals surface area contributed by atoms with Crippen LogP contribution in [-0.2, 0) is 0 Å². The van der Waals surface area contributed by atoms with E-state index in [2.05, 4.69) is 24.2 Å². The number of nitrogens with zero attached hydrogens (tertiary/aromatic N) is 1. The first-order valence-corrected chi connectivity index (χ1v) is 7.39. The van der Waals surface area contributed by atoms with Gasteiger partial charge in [-0.15, -0.1) is 0 Å². The summed E-state index contributed by atoms with van der Waals surface area (Å²) in [7, 11) is 2.08. The fraction of sp³-hybridized carbons (Fsp3) is 0.294. The number of hydrogen-bond donors (Lipinski definition) is 1. The van der Waals surface area contributed by atoms with Gasteiger partial charge in [-0.25, -0.2) is 4.39 Å². The van der Waals surface area contributed by atoms with Gasteiger partial charge in [0.2, 0.25) is 0 Å². The van der Waals surface area contributed by atoms with E-state index in [1.54, 1.807) is 6.07 Å². The predicted octanol–water partition coefficient (Wildman–Crippen LogP) is 4.58. The van der Waals surface area contributed by atoms with Crippen molar-refractivity contribution in [3.05, 3.63) is 64.9 Å². The number of benzene rings is 2. The molecule has 0 radical (unpaired) electrons. The normalized spacial score (nSPS) is 12.4. The standard InChI is InChI=1S/C17H20ClFN2/c1-13(14-6-8-15(18)9-7-14)21(2)11-10-20-17-5-3-4-16(19)12-17/h3-9,12-13,20H,10-11H2,1-2H3. The Hall–Kier alpha value is -1.58. The van der Waals surface area contributed by atoms with Gasteiger partial charge in [-0.05, 0) is 49.9 Å². The predicted molar refractivity (Wildman–Crippen MR) is 87.4 cm³/mol. The highest BCUT2D eigenvalue weighted by atomic mass is 35.5. The van der Waals surface area contributed by atoms with Crippen molar-refractivity contribution in [1.82, 2.24) is 4.90 Å². The van der Waals surface area contributed by atoms with Crippen LogP contribution in [-0.4, -0.2) is 25.0 Å². The lowest BCUT2D eigenvalue weighted by Crippen LogP contribution is -2.28. The van der Waals surface area contributed by atoms with Gasteiger partial charge in [0.15, 0.2) is 0 Å². The van der Waals surface area contributed by atoms with Crippen LogP contribution in [0, 0.1) is 5.82 Å². The molecule has 0 aliphatic carbocycles. The first-order valence-electron chi connectivity index (χ1n) is 7.01. The smallest absolute Gasteiger partial charge is 0.125 e. The third-order valence-corrected chi connectivity index (χ3v) is 3.88. The Labute approximate surface area is 130 Å². The highest BCUT2D eigenvalue weighted by Crippen LogP contribution is 2.20. The monoisotopic (exact) mass is 306 g/mol. The Bertz CT molecular complexity index is 571. The number of rotatable bonds is 6. The van der Waals surface area contributed by atoms with Crippen LogP contribution in [0.15, 0.2) is 48.5 Å². The first-order chi connectivity index (χ1) is 10.1. The summed E-state index contributed by atoms with van der Waals surface area (Å²) in [5, 5.41) is 3.98.